The summed E-state index contributed by atoms with van der Waals surface area (Å²) in [7, 11) is 0. The first kappa shape index (κ1) is 16.3. The molecule has 110 valence electrons. The van der Waals surface area contributed by atoms with Crippen molar-refractivity contribution in [3.8, 4) is 5.75 Å². The molecular weight excluding hydrogens is 252 g/mol. The van der Waals surface area contributed by atoms with Crippen LogP contribution in [-0.4, -0.2) is 18.7 Å². The Hall–Kier alpha value is -1.77. The third-order valence-corrected chi connectivity index (χ3v) is 2.74. The van der Waals surface area contributed by atoms with Gasteiger partial charge < -0.3 is 9.47 Å². The molecule has 0 aliphatic rings. The number of benzene rings is 1. The van der Waals surface area contributed by atoms with Crippen LogP contribution in [0.15, 0.2) is 30.3 Å². The normalized spacial score (nSPS) is 11.8. The van der Waals surface area contributed by atoms with Crippen molar-refractivity contribution in [3.05, 3.63) is 35.9 Å². The van der Waals surface area contributed by atoms with Gasteiger partial charge in [0.25, 0.3) is 0 Å². The SMILES string of the molecule is CCOC(=O)C=C(c1ccc(OC(C)C)cc1)C(C)C. The van der Waals surface area contributed by atoms with Crippen molar-refractivity contribution in [2.45, 2.75) is 40.7 Å². The number of esters is 1. The maximum Gasteiger partial charge on any atom is 0.331 e. The van der Waals surface area contributed by atoms with Gasteiger partial charge in [-0.2, -0.15) is 0 Å². The summed E-state index contributed by atoms with van der Waals surface area (Å²) in [6.07, 6.45) is 1.73. The molecule has 1 aromatic carbocycles. The molecule has 0 spiro atoms. The number of carbonyl (C=O) groups excluding carboxylic acids is 1. The van der Waals surface area contributed by atoms with E-state index in [9.17, 15) is 4.79 Å². The molecule has 0 bridgehead atoms. The van der Waals surface area contributed by atoms with E-state index in [-0.39, 0.29) is 18.0 Å². The lowest BCUT2D eigenvalue weighted by molar-refractivity contribution is -0.137. The van der Waals surface area contributed by atoms with Crippen molar-refractivity contribution in [1.29, 1.82) is 0 Å². The maximum atomic E-state index is 11.6. The van der Waals surface area contributed by atoms with Crippen molar-refractivity contribution < 1.29 is 14.3 Å². The molecule has 0 saturated heterocycles. The van der Waals surface area contributed by atoms with E-state index in [4.69, 9.17) is 9.47 Å². The highest BCUT2D eigenvalue weighted by Crippen LogP contribution is 2.25. The molecule has 0 aliphatic carbocycles. The Morgan fingerprint density at radius 1 is 1.15 bits per heavy atom. The van der Waals surface area contributed by atoms with Crippen molar-refractivity contribution in [2.75, 3.05) is 6.61 Å². The highest BCUT2D eigenvalue weighted by Gasteiger charge is 2.10. The molecule has 0 saturated carbocycles. The predicted molar refractivity (Wildman–Crippen MR) is 81.7 cm³/mol. The molecule has 0 aliphatic heterocycles. The lowest BCUT2D eigenvalue weighted by atomic mass is 9.95. The molecular formula is C17H24O3. The number of carbonyl (C=O) groups is 1. The Kier molecular flexibility index (Phi) is 6.29. The first-order valence-electron chi connectivity index (χ1n) is 7.09. The highest BCUT2D eigenvalue weighted by molar-refractivity contribution is 5.91. The van der Waals surface area contributed by atoms with Crippen LogP contribution in [0.1, 0.15) is 40.2 Å². The topological polar surface area (TPSA) is 35.5 Å². The molecule has 1 rings (SSSR count). The van der Waals surface area contributed by atoms with E-state index in [1.54, 1.807) is 13.0 Å². The van der Waals surface area contributed by atoms with Crippen molar-refractivity contribution in [1.82, 2.24) is 0 Å². The number of hydrogen-bond donors (Lipinski definition) is 0. The molecule has 3 heteroatoms. The van der Waals surface area contributed by atoms with E-state index in [1.165, 1.54) is 0 Å². The molecule has 0 atom stereocenters. The summed E-state index contributed by atoms with van der Waals surface area (Å²) in [6.45, 7) is 10.3. The summed E-state index contributed by atoms with van der Waals surface area (Å²) in [6, 6.07) is 7.80. The summed E-state index contributed by atoms with van der Waals surface area (Å²) in [4.78, 5) is 11.6. The van der Waals surface area contributed by atoms with Crippen LogP contribution in [0.25, 0.3) is 5.57 Å². The van der Waals surface area contributed by atoms with Crippen LogP contribution >= 0.6 is 0 Å². The molecule has 3 nitrogen and oxygen atoms in total. The molecule has 0 unspecified atom stereocenters. The van der Waals surface area contributed by atoms with Crippen molar-refractivity contribution in [3.63, 3.8) is 0 Å². The number of hydrogen-bond acceptors (Lipinski definition) is 3. The smallest absolute Gasteiger partial charge is 0.331 e. The molecule has 0 fully saturated rings. The molecule has 0 N–H and O–H groups in total. The largest absolute Gasteiger partial charge is 0.491 e. The summed E-state index contributed by atoms with van der Waals surface area (Å²) >= 11 is 0. The zero-order valence-corrected chi connectivity index (χ0v) is 13.0. The minimum absolute atomic E-state index is 0.153. The van der Waals surface area contributed by atoms with Gasteiger partial charge in [-0.05, 0) is 50.0 Å². The third-order valence-electron chi connectivity index (χ3n) is 2.74. The van der Waals surface area contributed by atoms with Crippen LogP contribution in [0.2, 0.25) is 0 Å². The van der Waals surface area contributed by atoms with Gasteiger partial charge in [0, 0.05) is 6.08 Å². The summed E-state index contributed by atoms with van der Waals surface area (Å²) < 4.78 is 10.6. The van der Waals surface area contributed by atoms with Gasteiger partial charge in [-0.1, -0.05) is 26.0 Å². The molecule has 0 aromatic heterocycles. The molecule has 1 aromatic rings. The first-order valence-corrected chi connectivity index (χ1v) is 7.09. The average molecular weight is 276 g/mol. The number of allylic oxidation sites excluding steroid dienone is 1. The van der Waals surface area contributed by atoms with Crippen LogP contribution in [-0.2, 0) is 9.53 Å². The van der Waals surface area contributed by atoms with Crippen LogP contribution in [0, 0.1) is 5.92 Å². The van der Waals surface area contributed by atoms with Crippen LogP contribution in [0.4, 0.5) is 0 Å². The monoisotopic (exact) mass is 276 g/mol. The Balaban J connectivity index is 2.95. The van der Waals surface area contributed by atoms with Gasteiger partial charge in [0.05, 0.1) is 12.7 Å². The van der Waals surface area contributed by atoms with Crippen LogP contribution < -0.4 is 4.74 Å². The minimum Gasteiger partial charge on any atom is -0.491 e. The Labute approximate surface area is 121 Å². The van der Waals surface area contributed by atoms with Gasteiger partial charge in [0.15, 0.2) is 0 Å². The van der Waals surface area contributed by atoms with Crippen LogP contribution in [0.5, 0.6) is 5.75 Å². The lowest BCUT2D eigenvalue weighted by Crippen LogP contribution is -2.06. The van der Waals surface area contributed by atoms with E-state index >= 15 is 0 Å². The Morgan fingerprint density at radius 2 is 1.75 bits per heavy atom. The van der Waals surface area contributed by atoms with E-state index in [0.29, 0.717) is 6.61 Å². The molecule has 0 amide bonds. The average Bonchev–Trinajstić information content (AvgIpc) is 2.36. The zero-order chi connectivity index (χ0) is 15.1. The number of ether oxygens (including phenoxy) is 2. The summed E-state index contributed by atoms with van der Waals surface area (Å²) in [5.41, 5.74) is 1.99. The van der Waals surface area contributed by atoms with Gasteiger partial charge in [0.2, 0.25) is 0 Å². The second-order valence-electron chi connectivity index (χ2n) is 5.20. The standard InChI is InChI=1S/C17H24O3/c1-6-19-17(18)11-16(12(2)3)14-7-9-15(10-8-14)20-13(4)5/h7-13H,6H2,1-5H3. The second kappa shape index (κ2) is 7.73. The van der Waals surface area contributed by atoms with Crippen molar-refractivity contribution in [2.24, 2.45) is 5.92 Å². The summed E-state index contributed by atoms with van der Waals surface area (Å²) in [5, 5.41) is 0. The Morgan fingerprint density at radius 3 is 2.20 bits per heavy atom. The number of rotatable bonds is 6. The van der Waals surface area contributed by atoms with E-state index in [1.807, 2.05) is 38.1 Å². The van der Waals surface area contributed by atoms with E-state index in [0.717, 1.165) is 16.9 Å². The van der Waals surface area contributed by atoms with Gasteiger partial charge >= 0.3 is 5.97 Å². The fraction of sp³-hybridized carbons (Fsp3) is 0.471. The van der Waals surface area contributed by atoms with E-state index < -0.39 is 0 Å². The first-order chi connectivity index (χ1) is 9.43. The lowest BCUT2D eigenvalue weighted by Gasteiger charge is -2.14. The molecule has 20 heavy (non-hydrogen) atoms. The second-order valence-corrected chi connectivity index (χ2v) is 5.20. The fourth-order valence-electron chi connectivity index (χ4n) is 1.89. The highest BCUT2D eigenvalue weighted by atomic mass is 16.5. The quantitative estimate of drug-likeness (QED) is 0.580. The van der Waals surface area contributed by atoms with E-state index in [2.05, 4.69) is 13.8 Å². The fourth-order valence-corrected chi connectivity index (χ4v) is 1.89. The van der Waals surface area contributed by atoms with Gasteiger partial charge in [-0.3, -0.25) is 0 Å². The van der Waals surface area contributed by atoms with Crippen molar-refractivity contribution >= 4 is 11.5 Å². The van der Waals surface area contributed by atoms with Gasteiger partial charge in [0.1, 0.15) is 5.75 Å². The van der Waals surface area contributed by atoms with Crippen LogP contribution in [0.3, 0.4) is 0 Å². The Bertz CT molecular complexity index is 456. The summed E-state index contributed by atoms with van der Waals surface area (Å²) in [5.74, 6) is 0.790. The molecule has 0 radical (unpaired) electrons. The predicted octanol–water partition coefficient (Wildman–Crippen LogP) is 4.08. The molecule has 0 heterocycles. The maximum absolute atomic E-state index is 11.6. The third kappa shape index (κ3) is 5.08. The van der Waals surface area contributed by atoms with Gasteiger partial charge in [-0.25, -0.2) is 4.79 Å². The van der Waals surface area contributed by atoms with Gasteiger partial charge in [-0.15, -0.1) is 0 Å². The zero-order valence-electron chi connectivity index (χ0n) is 13.0. The minimum atomic E-state index is -0.293.